The molecule has 0 unspecified atom stereocenters. The van der Waals surface area contributed by atoms with E-state index < -0.39 is 35.2 Å². The van der Waals surface area contributed by atoms with Crippen LogP contribution >= 0.6 is 0 Å². The number of aliphatic imine (C=N–C) groups is 1. The zero-order chi connectivity index (χ0) is 27.1. The van der Waals surface area contributed by atoms with Gasteiger partial charge in [0, 0.05) is 11.6 Å². The molecule has 0 aromatic heterocycles. The number of rotatable bonds is 4. The van der Waals surface area contributed by atoms with Crippen LogP contribution < -0.4 is 15.4 Å². The predicted molar refractivity (Wildman–Crippen MR) is 129 cm³/mol. The molecule has 10 nitrogen and oxygen atoms in total. The molecular weight excluding hydrogens is 473 g/mol. The van der Waals surface area contributed by atoms with E-state index in [0.717, 1.165) is 12.1 Å². The Kier molecular flexibility index (Phi) is 8.88. The first kappa shape index (κ1) is 28.0. The van der Waals surface area contributed by atoms with Crippen molar-refractivity contribution in [3.05, 3.63) is 59.4 Å². The summed E-state index contributed by atoms with van der Waals surface area (Å²) in [6.07, 6.45) is -1.20. The van der Waals surface area contributed by atoms with Crippen LogP contribution in [0, 0.1) is 5.82 Å². The van der Waals surface area contributed by atoms with Gasteiger partial charge in [-0.2, -0.15) is 0 Å². The van der Waals surface area contributed by atoms with Crippen LogP contribution in [0.4, 0.5) is 19.7 Å². The summed E-state index contributed by atoms with van der Waals surface area (Å²) in [5.74, 6) is -2.19. The third-order valence-electron chi connectivity index (χ3n) is 3.88. The highest BCUT2D eigenvalue weighted by Crippen LogP contribution is 2.20. The number of esters is 1. The number of nitrogens with one attached hydrogen (secondary N) is 2. The highest BCUT2D eigenvalue weighted by Gasteiger charge is 2.22. The summed E-state index contributed by atoms with van der Waals surface area (Å²) in [6, 6.07) is 9.02. The summed E-state index contributed by atoms with van der Waals surface area (Å²) >= 11 is 0. The van der Waals surface area contributed by atoms with Crippen LogP contribution in [0.3, 0.4) is 0 Å². The molecule has 36 heavy (non-hydrogen) atoms. The maximum absolute atomic E-state index is 14.7. The molecule has 0 aliphatic carbocycles. The first-order valence-corrected chi connectivity index (χ1v) is 10.8. The number of ether oxygens (including phenoxy) is 3. The lowest BCUT2D eigenvalue weighted by Crippen LogP contribution is -2.47. The zero-order valence-electron chi connectivity index (χ0n) is 20.8. The van der Waals surface area contributed by atoms with Gasteiger partial charge < -0.3 is 14.2 Å². The predicted octanol–water partition coefficient (Wildman–Crippen LogP) is 4.89. The second-order valence-electron chi connectivity index (χ2n) is 9.45. The monoisotopic (exact) mass is 501 g/mol. The molecule has 0 radical (unpaired) electrons. The number of guanidine groups is 1. The quantitative estimate of drug-likeness (QED) is 0.200. The van der Waals surface area contributed by atoms with Crippen LogP contribution in [-0.4, -0.2) is 41.6 Å². The molecule has 0 fully saturated rings. The lowest BCUT2D eigenvalue weighted by Gasteiger charge is -2.22. The normalized spacial score (nSPS) is 11.1. The third-order valence-corrected chi connectivity index (χ3v) is 3.88. The van der Waals surface area contributed by atoms with Crippen molar-refractivity contribution in [1.82, 2.24) is 10.6 Å². The molecule has 2 aromatic carbocycles. The smallest absolute Gasteiger partial charge is 0.414 e. The molecule has 0 spiro atoms. The Labute approximate surface area is 207 Å². The van der Waals surface area contributed by atoms with Crippen molar-refractivity contribution in [2.45, 2.75) is 52.7 Å². The largest absolute Gasteiger partial charge is 0.444 e. The van der Waals surface area contributed by atoms with E-state index in [9.17, 15) is 23.6 Å². The van der Waals surface area contributed by atoms with Crippen molar-refractivity contribution < 1.29 is 37.8 Å². The van der Waals surface area contributed by atoms with E-state index in [1.165, 1.54) is 30.3 Å². The molecule has 0 saturated heterocycles. The van der Waals surface area contributed by atoms with Gasteiger partial charge in [0.1, 0.15) is 29.1 Å². The molecular formula is C25H28FN3O7. The number of nitrogens with zero attached hydrogens (tertiary/aromatic N) is 1. The van der Waals surface area contributed by atoms with Crippen molar-refractivity contribution in [1.29, 1.82) is 0 Å². The van der Waals surface area contributed by atoms with Gasteiger partial charge in [0.15, 0.2) is 0 Å². The maximum Gasteiger partial charge on any atom is 0.414 e. The van der Waals surface area contributed by atoms with Crippen molar-refractivity contribution in [3.63, 3.8) is 0 Å². The molecule has 0 aliphatic heterocycles. The molecule has 0 atom stereocenters. The average Bonchev–Trinajstić information content (AvgIpc) is 2.71. The van der Waals surface area contributed by atoms with E-state index in [1.54, 1.807) is 41.5 Å². The Morgan fingerprint density at radius 3 is 1.83 bits per heavy atom. The fraction of sp³-hybridized carbons (Fsp3) is 0.320. The van der Waals surface area contributed by atoms with E-state index >= 15 is 0 Å². The summed E-state index contributed by atoms with van der Waals surface area (Å²) in [4.78, 5) is 51.5. The lowest BCUT2D eigenvalue weighted by molar-refractivity contribution is 0.0544. The summed E-state index contributed by atoms with van der Waals surface area (Å²) in [5.41, 5.74) is -1.69. The topological polar surface area (TPSA) is 132 Å². The SMILES string of the molecule is CC(C)(C)OC(=O)NC(=Nc1ccc(C(=O)Oc2ccc(C=O)cc2)c(F)c1)NC(=O)OC(C)(C)C. The maximum atomic E-state index is 14.7. The lowest BCUT2D eigenvalue weighted by atomic mass is 10.2. The summed E-state index contributed by atoms with van der Waals surface area (Å²) in [7, 11) is 0. The Morgan fingerprint density at radius 1 is 0.861 bits per heavy atom. The molecule has 2 aromatic rings. The number of carbonyl (C=O) groups excluding carboxylic acids is 4. The standard InChI is InChI=1S/C25H28FN3O7/c1-24(2,3)35-22(32)28-21(29-23(33)36-25(4,5)6)27-16-9-12-18(19(26)13-16)20(31)34-17-10-7-15(14-30)8-11-17/h7-14H,1-6H3,(H2,27,28,29,32,33). The third kappa shape index (κ3) is 9.53. The van der Waals surface area contributed by atoms with E-state index in [0.29, 0.717) is 11.8 Å². The van der Waals surface area contributed by atoms with Gasteiger partial charge >= 0.3 is 18.2 Å². The van der Waals surface area contributed by atoms with Crippen molar-refractivity contribution in [2.75, 3.05) is 0 Å². The van der Waals surface area contributed by atoms with Gasteiger partial charge in [0.25, 0.3) is 0 Å². The van der Waals surface area contributed by atoms with Gasteiger partial charge in [-0.3, -0.25) is 15.4 Å². The molecule has 0 heterocycles. The van der Waals surface area contributed by atoms with Crippen molar-refractivity contribution >= 4 is 36.1 Å². The Bertz CT molecular complexity index is 1130. The highest BCUT2D eigenvalue weighted by molar-refractivity contribution is 6.02. The number of hydrogen-bond acceptors (Lipinski definition) is 8. The number of halogens is 1. The molecule has 11 heteroatoms. The number of aldehydes is 1. The minimum absolute atomic E-state index is 0.0403. The summed E-state index contributed by atoms with van der Waals surface area (Å²) in [5, 5.41) is 4.55. The van der Waals surface area contributed by atoms with Gasteiger partial charge in [-0.05, 0) is 77.9 Å². The molecule has 2 N–H and O–H groups in total. The molecule has 192 valence electrons. The average molecular weight is 502 g/mol. The van der Waals surface area contributed by atoms with Gasteiger partial charge in [-0.1, -0.05) is 0 Å². The van der Waals surface area contributed by atoms with E-state index in [4.69, 9.17) is 14.2 Å². The number of amides is 2. The van der Waals surface area contributed by atoms with Gasteiger partial charge in [0.2, 0.25) is 5.96 Å². The summed E-state index contributed by atoms with van der Waals surface area (Å²) < 4.78 is 30.1. The molecule has 0 bridgehead atoms. The van der Waals surface area contributed by atoms with Gasteiger partial charge in [0.05, 0.1) is 11.3 Å². The number of carbonyl (C=O) groups is 4. The zero-order valence-corrected chi connectivity index (χ0v) is 20.8. The highest BCUT2D eigenvalue weighted by atomic mass is 19.1. The first-order chi connectivity index (χ1) is 16.6. The second-order valence-corrected chi connectivity index (χ2v) is 9.45. The first-order valence-electron chi connectivity index (χ1n) is 10.8. The van der Waals surface area contributed by atoms with Crippen molar-refractivity contribution in [3.8, 4) is 5.75 Å². The van der Waals surface area contributed by atoms with Crippen LogP contribution in [0.5, 0.6) is 5.75 Å². The molecule has 2 rings (SSSR count). The van der Waals surface area contributed by atoms with E-state index in [2.05, 4.69) is 15.6 Å². The minimum atomic E-state index is -0.971. The summed E-state index contributed by atoms with van der Waals surface area (Å²) in [6.45, 7) is 9.88. The Hall–Kier alpha value is -4.28. The van der Waals surface area contributed by atoms with Crippen LogP contribution in [0.15, 0.2) is 47.5 Å². The Balaban J connectivity index is 2.25. The number of hydrogen-bond donors (Lipinski definition) is 2. The fourth-order valence-electron chi connectivity index (χ4n) is 2.53. The Morgan fingerprint density at radius 2 is 1.39 bits per heavy atom. The second kappa shape index (κ2) is 11.4. The van der Waals surface area contributed by atoms with E-state index in [1.807, 2.05) is 0 Å². The minimum Gasteiger partial charge on any atom is -0.444 e. The molecule has 2 amide bonds. The van der Waals surface area contributed by atoms with Crippen LogP contribution in [0.2, 0.25) is 0 Å². The van der Waals surface area contributed by atoms with Crippen LogP contribution in [0.25, 0.3) is 0 Å². The van der Waals surface area contributed by atoms with E-state index in [-0.39, 0.29) is 23.0 Å². The van der Waals surface area contributed by atoms with Gasteiger partial charge in [-0.25, -0.2) is 23.8 Å². The fourth-order valence-corrected chi connectivity index (χ4v) is 2.53. The van der Waals surface area contributed by atoms with Crippen molar-refractivity contribution in [2.24, 2.45) is 4.99 Å². The van der Waals surface area contributed by atoms with Crippen LogP contribution in [-0.2, 0) is 9.47 Å². The molecule has 0 aliphatic rings. The number of benzene rings is 2. The molecule has 0 saturated carbocycles. The van der Waals surface area contributed by atoms with Gasteiger partial charge in [-0.15, -0.1) is 0 Å². The van der Waals surface area contributed by atoms with Crippen LogP contribution in [0.1, 0.15) is 62.3 Å². The number of alkyl carbamates (subject to hydrolysis) is 2.